The van der Waals surface area contributed by atoms with E-state index in [1.165, 1.54) is 45.2 Å². The predicted octanol–water partition coefficient (Wildman–Crippen LogP) is 1.88. The summed E-state index contributed by atoms with van der Waals surface area (Å²) in [7, 11) is 2.07. The van der Waals surface area contributed by atoms with Crippen LogP contribution in [0.15, 0.2) is 0 Å². The Kier molecular flexibility index (Phi) is 4.83. The second-order valence-electron chi connectivity index (χ2n) is 5.89. The molecule has 0 spiro atoms. The van der Waals surface area contributed by atoms with Crippen molar-refractivity contribution in [3.05, 3.63) is 0 Å². The van der Waals surface area contributed by atoms with Crippen LogP contribution in [0.1, 0.15) is 39.0 Å². The number of nitrogens with zero attached hydrogens (tertiary/aromatic N) is 1. The molecule has 1 saturated carbocycles. The van der Waals surface area contributed by atoms with Crippen LogP contribution in [0, 0.1) is 5.41 Å². The number of rotatable bonds is 7. The van der Waals surface area contributed by atoms with E-state index in [0.717, 1.165) is 25.8 Å². The van der Waals surface area contributed by atoms with Gasteiger partial charge in [-0.2, -0.15) is 0 Å². The second-order valence-corrected chi connectivity index (χ2v) is 5.89. The van der Waals surface area contributed by atoms with Gasteiger partial charge >= 0.3 is 0 Å². The number of hydrogen-bond acceptors (Lipinski definition) is 3. The van der Waals surface area contributed by atoms with E-state index in [-0.39, 0.29) is 0 Å². The lowest BCUT2D eigenvalue weighted by molar-refractivity contribution is -0.0267. The lowest BCUT2D eigenvalue weighted by Gasteiger charge is -2.41. The molecule has 0 aromatic heterocycles. The first-order valence-corrected chi connectivity index (χ1v) is 7.26. The molecule has 1 saturated heterocycles. The van der Waals surface area contributed by atoms with Gasteiger partial charge in [0.2, 0.25) is 0 Å². The molecule has 3 heteroatoms. The third-order valence-corrected chi connectivity index (χ3v) is 4.07. The molecule has 1 heterocycles. The maximum Gasteiger partial charge on any atom is 0.0546 e. The van der Waals surface area contributed by atoms with Gasteiger partial charge in [-0.25, -0.2) is 0 Å². The zero-order valence-corrected chi connectivity index (χ0v) is 11.5. The molecule has 0 aromatic carbocycles. The molecule has 0 bridgehead atoms. The Hall–Kier alpha value is -0.120. The Morgan fingerprint density at radius 1 is 1.41 bits per heavy atom. The Morgan fingerprint density at radius 3 is 2.76 bits per heavy atom. The molecule has 17 heavy (non-hydrogen) atoms. The van der Waals surface area contributed by atoms with Crippen molar-refractivity contribution in [1.82, 2.24) is 10.2 Å². The first-order valence-electron chi connectivity index (χ1n) is 7.26. The van der Waals surface area contributed by atoms with Crippen LogP contribution in [0.5, 0.6) is 0 Å². The van der Waals surface area contributed by atoms with Crippen molar-refractivity contribution in [3.63, 3.8) is 0 Å². The summed E-state index contributed by atoms with van der Waals surface area (Å²) < 4.78 is 5.75. The van der Waals surface area contributed by atoms with Gasteiger partial charge in [-0.3, -0.25) is 4.90 Å². The highest BCUT2D eigenvalue weighted by atomic mass is 16.5. The van der Waals surface area contributed by atoms with Gasteiger partial charge in [-0.05, 0) is 45.7 Å². The van der Waals surface area contributed by atoms with Gasteiger partial charge in [0.1, 0.15) is 0 Å². The van der Waals surface area contributed by atoms with Crippen LogP contribution in [-0.2, 0) is 4.74 Å². The van der Waals surface area contributed by atoms with E-state index in [1.807, 2.05) is 0 Å². The maximum atomic E-state index is 5.75. The minimum Gasteiger partial charge on any atom is -0.381 e. The van der Waals surface area contributed by atoms with Crippen molar-refractivity contribution in [2.45, 2.75) is 45.1 Å². The van der Waals surface area contributed by atoms with Crippen molar-refractivity contribution >= 4 is 0 Å². The van der Waals surface area contributed by atoms with Gasteiger partial charge in [0, 0.05) is 31.2 Å². The van der Waals surface area contributed by atoms with Gasteiger partial charge in [0.25, 0.3) is 0 Å². The van der Waals surface area contributed by atoms with Crippen molar-refractivity contribution in [2.75, 3.05) is 39.9 Å². The first-order chi connectivity index (χ1) is 8.29. The van der Waals surface area contributed by atoms with Crippen LogP contribution in [0.4, 0.5) is 0 Å². The van der Waals surface area contributed by atoms with Gasteiger partial charge in [0.05, 0.1) is 6.61 Å². The summed E-state index contributed by atoms with van der Waals surface area (Å²) in [5.41, 5.74) is 0.366. The van der Waals surface area contributed by atoms with E-state index >= 15 is 0 Å². The molecule has 1 aliphatic heterocycles. The number of ether oxygens (including phenoxy) is 1. The molecule has 0 amide bonds. The van der Waals surface area contributed by atoms with Crippen LogP contribution < -0.4 is 5.32 Å². The Balaban J connectivity index is 1.94. The smallest absolute Gasteiger partial charge is 0.0546 e. The quantitative estimate of drug-likeness (QED) is 0.735. The van der Waals surface area contributed by atoms with Gasteiger partial charge in [-0.1, -0.05) is 6.92 Å². The monoisotopic (exact) mass is 240 g/mol. The lowest BCUT2D eigenvalue weighted by atomic mass is 9.81. The zero-order valence-electron chi connectivity index (χ0n) is 11.5. The van der Waals surface area contributed by atoms with Crippen LogP contribution in [0.3, 0.4) is 0 Å². The molecule has 1 atom stereocenters. The van der Waals surface area contributed by atoms with Crippen LogP contribution in [0.2, 0.25) is 0 Å². The second kappa shape index (κ2) is 6.17. The molecule has 2 aliphatic rings. The van der Waals surface area contributed by atoms with Crippen molar-refractivity contribution in [3.8, 4) is 0 Å². The van der Waals surface area contributed by atoms with Crippen molar-refractivity contribution < 1.29 is 4.74 Å². The average molecular weight is 240 g/mol. The topological polar surface area (TPSA) is 24.5 Å². The molecule has 1 aliphatic carbocycles. The summed E-state index contributed by atoms with van der Waals surface area (Å²) in [6.07, 6.45) is 6.65. The standard InChI is InChI=1S/C14H28N2O/c1-3-8-16(13-5-6-13)11-14(10-15-2)7-4-9-17-12-14/h13,15H,3-12H2,1-2H3. The summed E-state index contributed by atoms with van der Waals surface area (Å²) in [6.45, 7) is 7.78. The predicted molar refractivity (Wildman–Crippen MR) is 71.3 cm³/mol. The summed E-state index contributed by atoms with van der Waals surface area (Å²) in [5.74, 6) is 0. The normalized spacial score (nSPS) is 29.8. The molecule has 2 rings (SSSR count). The molecule has 3 nitrogen and oxygen atoms in total. The van der Waals surface area contributed by atoms with Gasteiger partial charge in [0.15, 0.2) is 0 Å². The molecule has 0 aromatic rings. The average Bonchev–Trinajstić information content (AvgIpc) is 3.14. The first kappa shape index (κ1) is 13.3. The van der Waals surface area contributed by atoms with E-state index in [4.69, 9.17) is 4.74 Å². The lowest BCUT2D eigenvalue weighted by Crippen LogP contribution is -2.49. The fourth-order valence-electron chi connectivity index (χ4n) is 3.15. The highest BCUT2D eigenvalue weighted by Gasteiger charge is 2.38. The molecule has 0 radical (unpaired) electrons. The fourth-order valence-corrected chi connectivity index (χ4v) is 3.15. The summed E-state index contributed by atoms with van der Waals surface area (Å²) in [4.78, 5) is 2.71. The minimum absolute atomic E-state index is 0.366. The van der Waals surface area contributed by atoms with E-state index in [2.05, 4.69) is 24.2 Å². The maximum absolute atomic E-state index is 5.75. The summed E-state index contributed by atoms with van der Waals surface area (Å²) >= 11 is 0. The van der Waals surface area contributed by atoms with Crippen molar-refractivity contribution in [2.24, 2.45) is 5.41 Å². The summed E-state index contributed by atoms with van der Waals surface area (Å²) in [6, 6.07) is 0.880. The molecule has 100 valence electrons. The van der Waals surface area contributed by atoms with Crippen molar-refractivity contribution in [1.29, 1.82) is 0 Å². The molecule has 1 N–H and O–H groups in total. The Morgan fingerprint density at radius 2 is 2.24 bits per heavy atom. The Bertz CT molecular complexity index is 217. The van der Waals surface area contributed by atoms with Crippen LogP contribution in [0.25, 0.3) is 0 Å². The molecule has 1 unspecified atom stereocenters. The minimum atomic E-state index is 0.366. The molecular formula is C14H28N2O. The highest BCUT2D eigenvalue weighted by molar-refractivity contribution is 4.92. The zero-order chi connectivity index (χ0) is 12.1. The summed E-state index contributed by atoms with van der Waals surface area (Å²) in [5, 5.41) is 3.38. The van der Waals surface area contributed by atoms with E-state index < -0.39 is 0 Å². The SMILES string of the molecule is CCCN(CC1(CNC)CCCOC1)C1CC1. The third-order valence-electron chi connectivity index (χ3n) is 4.07. The van der Waals surface area contributed by atoms with Crippen LogP contribution >= 0.6 is 0 Å². The van der Waals surface area contributed by atoms with E-state index in [9.17, 15) is 0 Å². The number of nitrogens with one attached hydrogen (secondary N) is 1. The van der Waals surface area contributed by atoms with Crippen LogP contribution in [-0.4, -0.2) is 50.8 Å². The van der Waals surface area contributed by atoms with Gasteiger partial charge in [-0.15, -0.1) is 0 Å². The largest absolute Gasteiger partial charge is 0.381 e. The van der Waals surface area contributed by atoms with Gasteiger partial charge < -0.3 is 10.1 Å². The molecule has 2 fully saturated rings. The fraction of sp³-hybridized carbons (Fsp3) is 1.00. The van der Waals surface area contributed by atoms with E-state index in [0.29, 0.717) is 5.41 Å². The molecular weight excluding hydrogens is 212 g/mol. The Labute approximate surface area is 106 Å². The van der Waals surface area contributed by atoms with E-state index in [1.54, 1.807) is 0 Å². The third kappa shape index (κ3) is 3.67. The highest BCUT2D eigenvalue weighted by Crippen LogP contribution is 2.34. The number of hydrogen-bond donors (Lipinski definition) is 1.